The first kappa shape index (κ1) is 35.3. The number of anilines is 1. The summed E-state index contributed by atoms with van der Waals surface area (Å²) in [6.07, 6.45) is 5.35. The smallest absolute Gasteiger partial charge is 0.325 e. The van der Waals surface area contributed by atoms with Gasteiger partial charge in [-0.1, -0.05) is 30.3 Å². The van der Waals surface area contributed by atoms with E-state index in [0.29, 0.717) is 44.0 Å². The van der Waals surface area contributed by atoms with Gasteiger partial charge >= 0.3 is 5.97 Å². The van der Waals surface area contributed by atoms with E-state index in [2.05, 4.69) is 45.4 Å². The minimum atomic E-state index is -0.581. The Morgan fingerprint density at radius 1 is 0.625 bits per heavy atom. The summed E-state index contributed by atoms with van der Waals surface area (Å²) in [5.74, 6) is -1.62. The number of hydrogen-bond donors (Lipinski definition) is 3. The molecule has 0 atom stereocenters. The summed E-state index contributed by atoms with van der Waals surface area (Å²) in [5.41, 5.74) is 4.05. The average molecular weight is 653 g/mol. The monoisotopic (exact) mass is 652 g/mol. The van der Waals surface area contributed by atoms with Crippen molar-refractivity contribution in [2.75, 3.05) is 45.2 Å². The fraction of sp³-hybridized carbons (Fsp3) is 0.286. The molecule has 0 fully saturated rings. The van der Waals surface area contributed by atoms with Crippen LogP contribution in [0.5, 0.6) is 0 Å². The minimum Gasteiger partial charge on any atom is -0.468 e. The number of methoxy groups -OCH3 is 1. The first-order chi connectivity index (χ1) is 23.4. The summed E-state index contributed by atoms with van der Waals surface area (Å²) >= 11 is 0. The molecule has 0 aliphatic rings. The Bertz CT molecular complexity index is 1550. The summed E-state index contributed by atoms with van der Waals surface area (Å²) in [4.78, 5) is 66.2. The van der Waals surface area contributed by atoms with Crippen LogP contribution in [0.4, 0.5) is 5.69 Å². The number of carbonyl (C=O) groups excluding carboxylic acids is 4. The van der Waals surface area contributed by atoms with Crippen molar-refractivity contribution in [3.05, 3.63) is 120 Å². The molecule has 3 amide bonds. The van der Waals surface area contributed by atoms with E-state index in [9.17, 15) is 19.2 Å². The zero-order valence-corrected chi connectivity index (χ0v) is 26.9. The van der Waals surface area contributed by atoms with Crippen LogP contribution < -0.4 is 16.0 Å². The second kappa shape index (κ2) is 19.2. The van der Waals surface area contributed by atoms with Crippen molar-refractivity contribution in [3.8, 4) is 0 Å². The van der Waals surface area contributed by atoms with Gasteiger partial charge in [-0.3, -0.25) is 43.9 Å². The number of ether oxygens (including phenoxy) is 1. The number of aromatic nitrogens is 3. The first-order valence-corrected chi connectivity index (χ1v) is 15.5. The summed E-state index contributed by atoms with van der Waals surface area (Å²) in [6.45, 7) is 2.62. The number of hydrogen-bond acceptors (Lipinski definition) is 10. The van der Waals surface area contributed by atoms with Gasteiger partial charge in [-0.25, -0.2) is 0 Å². The maximum absolute atomic E-state index is 13.2. The zero-order valence-electron chi connectivity index (χ0n) is 26.9. The lowest BCUT2D eigenvalue weighted by atomic mass is 10.1. The molecule has 0 aliphatic carbocycles. The van der Waals surface area contributed by atoms with Crippen LogP contribution in [-0.2, 0) is 50.0 Å². The number of amides is 3. The quantitative estimate of drug-likeness (QED) is 0.136. The highest BCUT2D eigenvalue weighted by Crippen LogP contribution is 2.12. The number of rotatable bonds is 18. The summed E-state index contributed by atoms with van der Waals surface area (Å²) < 4.78 is 4.46. The average Bonchev–Trinajstić information content (AvgIpc) is 3.10. The van der Waals surface area contributed by atoms with Crippen molar-refractivity contribution < 1.29 is 23.9 Å². The number of benzene rings is 1. The second-order valence-electron chi connectivity index (χ2n) is 10.9. The molecular weight excluding hydrogens is 612 g/mol. The molecule has 3 aromatic heterocycles. The molecule has 0 aliphatic heterocycles. The summed E-state index contributed by atoms with van der Waals surface area (Å²) in [6, 6.07) is 24.4. The topological polar surface area (TPSA) is 159 Å². The SMILES string of the molecule is COC(=O)CNC(=O)CNC(=O)Cc1ccc(NC(=O)CN(CCN(Cc2ccccn2)Cc2ccccn2)Cc2ccccn2)cc1. The van der Waals surface area contributed by atoms with Gasteiger partial charge in [-0.05, 0) is 54.1 Å². The van der Waals surface area contributed by atoms with Crippen molar-refractivity contribution in [3.63, 3.8) is 0 Å². The maximum Gasteiger partial charge on any atom is 0.325 e. The third-order valence-corrected chi connectivity index (χ3v) is 7.14. The predicted octanol–water partition coefficient (Wildman–Crippen LogP) is 1.96. The molecule has 250 valence electrons. The van der Waals surface area contributed by atoms with Gasteiger partial charge in [0.2, 0.25) is 17.7 Å². The van der Waals surface area contributed by atoms with Crippen molar-refractivity contribution in [2.24, 2.45) is 0 Å². The van der Waals surface area contributed by atoms with Crippen molar-refractivity contribution in [2.45, 2.75) is 26.1 Å². The van der Waals surface area contributed by atoms with E-state index in [1.165, 1.54) is 7.11 Å². The molecule has 0 bridgehead atoms. The number of esters is 1. The van der Waals surface area contributed by atoms with Gasteiger partial charge in [0.05, 0.1) is 43.7 Å². The summed E-state index contributed by atoms with van der Waals surface area (Å²) in [5, 5.41) is 7.82. The molecular formula is C35H40N8O5. The molecule has 3 heterocycles. The molecule has 48 heavy (non-hydrogen) atoms. The molecule has 0 saturated heterocycles. The van der Waals surface area contributed by atoms with Crippen LogP contribution in [0.25, 0.3) is 0 Å². The van der Waals surface area contributed by atoms with Crippen molar-refractivity contribution in [1.82, 2.24) is 35.4 Å². The second-order valence-corrected chi connectivity index (χ2v) is 10.9. The Balaban J connectivity index is 1.32. The molecule has 0 radical (unpaired) electrons. The van der Waals surface area contributed by atoms with Gasteiger partial charge in [0.1, 0.15) is 6.54 Å². The molecule has 0 unspecified atom stereocenters. The Hall–Kier alpha value is -5.53. The Labute approximate surface area is 279 Å². The number of nitrogens with one attached hydrogen (secondary N) is 3. The highest BCUT2D eigenvalue weighted by atomic mass is 16.5. The Kier molecular flexibility index (Phi) is 14.1. The van der Waals surface area contributed by atoms with Crippen LogP contribution in [0.15, 0.2) is 97.5 Å². The van der Waals surface area contributed by atoms with E-state index >= 15 is 0 Å². The van der Waals surface area contributed by atoms with E-state index in [4.69, 9.17) is 0 Å². The summed E-state index contributed by atoms with van der Waals surface area (Å²) in [7, 11) is 1.22. The number of nitrogens with zero attached hydrogens (tertiary/aromatic N) is 5. The van der Waals surface area contributed by atoms with Crippen molar-refractivity contribution in [1.29, 1.82) is 0 Å². The Morgan fingerprint density at radius 3 is 1.67 bits per heavy atom. The van der Waals surface area contributed by atoms with E-state index in [1.807, 2.05) is 54.6 Å². The molecule has 13 heteroatoms. The third-order valence-electron chi connectivity index (χ3n) is 7.14. The fourth-order valence-electron chi connectivity index (χ4n) is 4.71. The molecule has 13 nitrogen and oxygen atoms in total. The largest absolute Gasteiger partial charge is 0.468 e. The highest BCUT2D eigenvalue weighted by Gasteiger charge is 2.16. The van der Waals surface area contributed by atoms with Crippen LogP contribution in [0, 0.1) is 0 Å². The maximum atomic E-state index is 13.2. The minimum absolute atomic E-state index is 0.0455. The third kappa shape index (κ3) is 13.1. The van der Waals surface area contributed by atoms with E-state index in [1.54, 1.807) is 42.9 Å². The van der Waals surface area contributed by atoms with Crippen LogP contribution in [0.2, 0.25) is 0 Å². The predicted molar refractivity (Wildman–Crippen MR) is 179 cm³/mol. The number of pyridine rings is 3. The molecule has 0 spiro atoms. The lowest BCUT2D eigenvalue weighted by Crippen LogP contribution is -2.39. The zero-order chi connectivity index (χ0) is 34.0. The van der Waals surface area contributed by atoms with Crippen LogP contribution in [-0.4, -0.2) is 88.3 Å². The van der Waals surface area contributed by atoms with Gasteiger partial charge in [0, 0.05) is 57.0 Å². The molecule has 4 rings (SSSR count). The van der Waals surface area contributed by atoms with Crippen molar-refractivity contribution >= 4 is 29.4 Å². The highest BCUT2D eigenvalue weighted by molar-refractivity contribution is 5.92. The van der Waals surface area contributed by atoms with Crippen LogP contribution >= 0.6 is 0 Å². The lowest BCUT2D eigenvalue weighted by Gasteiger charge is -2.27. The normalized spacial score (nSPS) is 10.8. The van der Waals surface area contributed by atoms with E-state index in [-0.39, 0.29) is 37.9 Å². The van der Waals surface area contributed by atoms with Crippen LogP contribution in [0.1, 0.15) is 22.6 Å². The van der Waals surface area contributed by atoms with Crippen LogP contribution in [0.3, 0.4) is 0 Å². The van der Waals surface area contributed by atoms with Gasteiger partial charge in [-0.15, -0.1) is 0 Å². The molecule has 0 saturated carbocycles. The van der Waals surface area contributed by atoms with Gasteiger partial charge in [0.15, 0.2) is 0 Å². The molecule has 3 N–H and O–H groups in total. The fourth-order valence-corrected chi connectivity index (χ4v) is 4.71. The van der Waals surface area contributed by atoms with Gasteiger partial charge in [-0.2, -0.15) is 0 Å². The van der Waals surface area contributed by atoms with E-state index < -0.39 is 11.9 Å². The molecule has 1 aromatic carbocycles. The standard InChI is InChI=1S/C35H40N8O5/c1-48-35(47)22-40-33(45)21-39-32(44)20-27-11-13-28(14-12-27)41-34(46)26-43(25-31-10-4-7-17-38-31)19-18-42(23-29-8-2-5-15-36-29)24-30-9-3-6-16-37-30/h2-17H,18-26H2,1H3,(H,39,44)(H,40,45)(H,41,46). The molecule has 4 aromatic rings. The Morgan fingerprint density at radius 2 is 1.15 bits per heavy atom. The van der Waals surface area contributed by atoms with E-state index in [0.717, 1.165) is 17.1 Å². The first-order valence-electron chi connectivity index (χ1n) is 15.5. The van der Waals surface area contributed by atoms with Gasteiger partial charge in [0.25, 0.3) is 0 Å². The van der Waals surface area contributed by atoms with Gasteiger partial charge < -0.3 is 20.7 Å². The lowest BCUT2D eigenvalue weighted by molar-refractivity contribution is -0.141. The number of carbonyl (C=O) groups is 4.